The predicted octanol–water partition coefficient (Wildman–Crippen LogP) is 1.69. The Morgan fingerprint density at radius 2 is 2.13 bits per heavy atom. The second-order valence-corrected chi connectivity index (χ2v) is 6.94. The largest absolute Gasteiger partial charge is 0.361 e. The molecular formula is C15H20N6OS. The molecule has 3 rings (SSSR count). The first kappa shape index (κ1) is 15.7. The fourth-order valence-electron chi connectivity index (χ4n) is 2.41. The van der Waals surface area contributed by atoms with Gasteiger partial charge in [-0.25, -0.2) is 15.0 Å². The maximum atomic E-state index is 11.8. The highest BCUT2D eigenvalue weighted by molar-refractivity contribution is 7.11. The Kier molecular flexibility index (Phi) is 4.42. The second kappa shape index (κ2) is 6.49. The minimum absolute atomic E-state index is 0.0746. The van der Waals surface area contributed by atoms with E-state index in [9.17, 15) is 4.79 Å². The average molecular weight is 332 g/mol. The van der Waals surface area contributed by atoms with Crippen molar-refractivity contribution in [2.45, 2.75) is 19.9 Å². The molecule has 0 saturated carbocycles. The van der Waals surface area contributed by atoms with Gasteiger partial charge in [0.05, 0.1) is 12.6 Å². The number of nitrogens with one attached hydrogen (secondary N) is 1. The van der Waals surface area contributed by atoms with Gasteiger partial charge in [0.15, 0.2) is 0 Å². The van der Waals surface area contributed by atoms with Crippen molar-refractivity contribution < 1.29 is 4.79 Å². The van der Waals surface area contributed by atoms with Crippen molar-refractivity contribution in [3.05, 3.63) is 28.5 Å². The third kappa shape index (κ3) is 3.58. The van der Waals surface area contributed by atoms with E-state index in [4.69, 9.17) is 0 Å². The zero-order chi connectivity index (χ0) is 16.4. The summed E-state index contributed by atoms with van der Waals surface area (Å²) in [6.07, 6.45) is 3.40. The number of thiazole rings is 1. The summed E-state index contributed by atoms with van der Waals surface area (Å²) in [7, 11) is 1.82. The number of carbonyl (C=O) groups excluding carboxylic acids is 1. The Morgan fingerprint density at radius 3 is 2.83 bits per heavy atom. The van der Waals surface area contributed by atoms with Crippen molar-refractivity contribution in [2.24, 2.45) is 0 Å². The number of rotatable bonds is 4. The molecule has 122 valence electrons. The van der Waals surface area contributed by atoms with E-state index in [1.165, 1.54) is 11.2 Å². The van der Waals surface area contributed by atoms with E-state index >= 15 is 0 Å². The lowest BCUT2D eigenvalue weighted by molar-refractivity contribution is -0.129. The number of anilines is 2. The molecule has 1 aliphatic rings. The van der Waals surface area contributed by atoms with Crippen LogP contribution in [-0.4, -0.2) is 52.4 Å². The van der Waals surface area contributed by atoms with Crippen LogP contribution in [0.1, 0.15) is 22.9 Å². The van der Waals surface area contributed by atoms with Gasteiger partial charge in [0.1, 0.15) is 23.0 Å². The maximum absolute atomic E-state index is 11.8. The van der Waals surface area contributed by atoms with Crippen LogP contribution in [0.5, 0.6) is 0 Å². The van der Waals surface area contributed by atoms with Crippen LogP contribution in [0.25, 0.3) is 0 Å². The molecule has 1 amide bonds. The molecular weight excluding hydrogens is 312 g/mol. The summed E-state index contributed by atoms with van der Waals surface area (Å²) >= 11 is 1.67. The van der Waals surface area contributed by atoms with Gasteiger partial charge in [-0.1, -0.05) is 0 Å². The Hall–Kier alpha value is -2.22. The van der Waals surface area contributed by atoms with E-state index in [1.807, 2.05) is 31.1 Å². The van der Waals surface area contributed by atoms with Gasteiger partial charge >= 0.3 is 0 Å². The number of aromatic nitrogens is 3. The summed E-state index contributed by atoms with van der Waals surface area (Å²) < 4.78 is 0. The van der Waals surface area contributed by atoms with Crippen LogP contribution in [0.4, 0.5) is 11.6 Å². The van der Waals surface area contributed by atoms with Crippen molar-refractivity contribution in [2.75, 3.05) is 36.9 Å². The van der Waals surface area contributed by atoms with Crippen molar-refractivity contribution >= 4 is 28.9 Å². The molecule has 1 unspecified atom stereocenters. The molecule has 0 bridgehead atoms. The van der Waals surface area contributed by atoms with Crippen molar-refractivity contribution in [3.8, 4) is 0 Å². The Labute approximate surface area is 139 Å². The minimum atomic E-state index is 0.0746. The number of hydrogen-bond donors (Lipinski definition) is 1. The normalized spacial score (nSPS) is 16.6. The molecule has 1 aliphatic heterocycles. The maximum Gasteiger partial charge on any atom is 0.241 e. The van der Waals surface area contributed by atoms with Crippen LogP contribution in [0, 0.1) is 6.92 Å². The van der Waals surface area contributed by atoms with Crippen LogP contribution < -0.4 is 10.2 Å². The average Bonchev–Trinajstić information content (AvgIpc) is 2.97. The van der Waals surface area contributed by atoms with Gasteiger partial charge in [0, 0.05) is 37.3 Å². The molecule has 0 radical (unpaired) electrons. The smallest absolute Gasteiger partial charge is 0.241 e. The molecule has 8 heteroatoms. The predicted molar refractivity (Wildman–Crippen MR) is 90.8 cm³/mol. The SMILES string of the molecule is Cc1cnc(C(C)Nc2cc(N3CCN(C)C(=O)C3)ncn2)s1. The van der Waals surface area contributed by atoms with Gasteiger partial charge in [-0.15, -0.1) is 11.3 Å². The van der Waals surface area contributed by atoms with Gasteiger partial charge in [-0.2, -0.15) is 0 Å². The van der Waals surface area contributed by atoms with Crippen molar-refractivity contribution in [1.29, 1.82) is 0 Å². The van der Waals surface area contributed by atoms with Crippen LogP contribution in [0.15, 0.2) is 18.6 Å². The van der Waals surface area contributed by atoms with E-state index in [0.717, 1.165) is 23.2 Å². The summed E-state index contributed by atoms with van der Waals surface area (Å²) in [5.74, 6) is 1.61. The fraction of sp³-hybridized carbons (Fsp3) is 0.467. The Bertz CT molecular complexity index is 703. The minimum Gasteiger partial charge on any atom is -0.361 e. The number of aryl methyl sites for hydroxylation is 1. The molecule has 1 atom stereocenters. The number of hydrogen-bond acceptors (Lipinski definition) is 7. The first-order chi connectivity index (χ1) is 11.0. The van der Waals surface area contributed by atoms with Gasteiger partial charge in [-0.05, 0) is 13.8 Å². The number of piperazine rings is 1. The number of amides is 1. The quantitative estimate of drug-likeness (QED) is 0.918. The van der Waals surface area contributed by atoms with Gasteiger partial charge in [0.2, 0.25) is 5.91 Å². The van der Waals surface area contributed by atoms with Crippen LogP contribution in [-0.2, 0) is 4.79 Å². The zero-order valence-electron chi connectivity index (χ0n) is 13.5. The molecule has 0 aliphatic carbocycles. The Balaban J connectivity index is 1.71. The molecule has 2 aromatic rings. The Morgan fingerprint density at radius 1 is 1.30 bits per heavy atom. The fourth-order valence-corrected chi connectivity index (χ4v) is 3.19. The lowest BCUT2D eigenvalue weighted by Gasteiger charge is -2.32. The molecule has 1 saturated heterocycles. The number of likely N-dealkylation sites (N-methyl/N-ethyl adjacent to an activating group) is 1. The third-order valence-corrected chi connectivity index (χ3v) is 4.90. The monoisotopic (exact) mass is 332 g/mol. The van der Waals surface area contributed by atoms with Gasteiger partial charge in [0.25, 0.3) is 0 Å². The molecule has 0 spiro atoms. The standard InChI is InChI=1S/C15H20N6OS/c1-10-7-16-15(23-10)11(2)19-12-6-13(18-9-17-12)21-5-4-20(3)14(22)8-21/h6-7,9,11H,4-5,8H2,1-3H3,(H,17,18,19). The van der Waals surface area contributed by atoms with Crippen LogP contribution in [0.2, 0.25) is 0 Å². The molecule has 23 heavy (non-hydrogen) atoms. The van der Waals surface area contributed by atoms with E-state index in [-0.39, 0.29) is 11.9 Å². The zero-order valence-corrected chi connectivity index (χ0v) is 14.3. The lowest BCUT2D eigenvalue weighted by atomic mass is 10.3. The summed E-state index contributed by atoms with van der Waals surface area (Å²) in [5.41, 5.74) is 0. The van der Waals surface area contributed by atoms with Crippen molar-refractivity contribution in [3.63, 3.8) is 0 Å². The highest BCUT2D eigenvalue weighted by atomic mass is 32.1. The van der Waals surface area contributed by atoms with E-state index in [0.29, 0.717) is 13.1 Å². The summed E-state index contributed by atoms with van der Waals surface area (Å²) in [5, 5.41) is 4.37. The topological polar surface area (TPSA) is 74.2 Å². The number of nitrogens with zero attached hydrogens (tertiary/aromatic N) is 5. The van der Waals surface area contributed by atoms with E-state index in [2.05, 4.69) is 27.2 Å². The molecule has 7 nitrogen and oxygen atoms in total. The molecule has 3 heterocycles. The van der Waals surface area contributed by atoms with Gasteiger partial charge < -0.3 is 15.1 Å². The molecule has 1 fully saturated rings. The van der Waals surface area contributed by atoms with Crippen LogP contribution in [0.3, 0.4) is 0 Å². The number of carbonyl (C=O) groups is 1. The van der Waals surface area contributed by atoms with E-state index in [1.54, 1.807) is 16.2 Å². The van der Waals surface area contributed by atoms with E-state index < -0.39 is 0 Å². The first-order valence-corrected chi connectivity index (χ1v) is 8.34. The van der Waals surface area contributed by atoms with Gasteiger partial charge in [-0.3, -0.25) is 4.79 Å². The lowest BCUT2D eigenvalue weighted by Crippen LogP contribution is -2.48. The first-order valence-electron chi connectivity index (χ1n) is 7.53. The molecule has 0 aromatic carbocycles. The summed E-state index contributed by atoms with van der Waals surface area (Å²) in [4.78, 5) is 29.7. The highest BCUT2D eigenvalue weighted by Gasteiger charge is 2.22. The second-order valence-electron chi connectivity index (χ2n) is 5.67. The summed E-state index contributed by atoms with van der Waals surface area (Å²) in [6, 6.07) is 1.96. The third-order valence-electron chi connectivity index (χ3n) is 3.81. The summed E-state index contributed by atoms with van der Waals surface area (Å²) in [6.45, 7) is 5.94. The van der Waals surface area contributed by atoms with Crippen LogP contribution >= 0.6 is 11.3 Å². The van der Waals surface area contributed by atoms with Crippen molar-refractivity contribution in [1.82, 2.24) is 19.9 Å². The molecule has 1 N–H and O–H groups in total. The highest BCUT2D eigenvalue weighted by Crippen LogP contribution is 2.24. The molecule has 2 aromatic heterocycles.